The SMILES string of the molecule is COc1ccc(-c2nc(CCOc3cccc4c3CCCN4CCC(=O)O)c(C)o2)cc1. The molecule has 0 fully saturated rings. The normalized spacial score (nSPS) is 13.0. The minimum absolute atomic E-state index is 0.131. The van der Waals surface area contributed by atoms with Crippen molar-refractivity contribution in [2.24, 2.45) is 0 Å². The van der Waals surface area contributed by atoms with Gasteiger partial charge < -0.3 is 23.9 Å². The van der Waals surface area contributed by atoms with Crippen LogP contribution in [0.1, 0.15) is 29.9 Å². The quantitative estimate of drug-likeness (QED) is 0.528. The van der Waals surface area contributed by atoms with Gasteiger partial charge in [-0.2, -0.15) is 0 Å². The topological polar surface area (TPSA) is 85.0 Å². The summed E-state index contributed by atoms with van der Waals surface area (Å²) in [5, 5.41) is 9.02. The number of carboxylic acids is 1. The average molecular weight is 437 g/mol. The van der Waals surface area contributed by atoms with Crippen LogP contribution in [0.2, 0.25) is 0 Å². The highest BCUT2D eigenvalue weighted by Gasteiger charge is 2.21. The van der Waals surface area contributed by atoms with Crippen molar-refractivity contribution in [3.63, 3.8) is 0 Å². The number of carboxylic acid groups (broad SMARTS) is 1. The van der Waals surface area contributed by atoms with E-state index in [1.165, 1.54) is 0 Å². The van der Waals surface area contributed by atoms with Crippen LogP contribution < -0.4 is 14.4 Å². The summed E-state index contributed by atoms with van der Waals surface area (Å²) in [6.45, 7) is 3.79. The molecule has 1 aliphatic rings. The number of methoxy groups -OCH3 is 1. The van der Waals surface area contributed by atoms with Gasteiger partial charge in [-0.25, -0.2) is 4.98 Å². The zero-order valence-electron chi connectivity index (χ0n) is 18.5. The molecule has 7 nitrogen and oxygen atoms in total. The van der Waals surface area contributed by atoms with Gasteiger partial charge in [-0.05, 0) is 56.2 Å². The molecule has 0 atom stereocenters. The molecular formula is C25H28N2O5. The zero-order chi connectivity index (χ0) is 22.5. The molecule has 1 aliphatic heterocycles. The summed E-state index contributed by atoms with van der Waals surface area (Å²) in [5.74, 6) is 2.25. The van der Waals surface area contributed by atoms with Gasteiger partial charge in [0.2, 0.25) is 5.89 Å². The van der Waals surface area contributed by atoms with Gasteiger partial charge in [-0.15, -0.1) is 0 Å². The van der Waals surface area contributed by atoms with Crippen molar-refractivity contribution in [1.29, 1.82) is 0 Å². The lowest BCUT2D eigenvalue weighted by Gasteiger charge is -2.32. The Morgan fingerprint density at radius 1 is 1.22 bits per heavy atom. The standard InChI is InChI=1S/C25H28N2O5/c1-17-21(26-25(32-17)18-8-10-19(30-2)11-9-18)13-16-31-23-7-3-6-22-20(23)5-4-14-27(22)15-12-24(28)29/h3,6-11H,4-5,12-16H2,1-2H3,(H,28,29). The number of aromatic nitrogens is 1. The Balaban J connectivity index is 1.41. The molecule has 0 spiro atoms. The summed E-state index contributed by atoms with van der Waals surface area (Å²) in [4.78, 5) is 17.8. The lowest BCUT2D eigenvalue weighted by Crippen LogP contribution is -2.31. The first-order valence-corrected chi connectivity index (χ1v) is 10.9. The van der Waals surface area contributed by atoms with Crippen LogP contribution in [0.25, 0.3) is 11.5 Å². The van der Waals surface area contributed by atoms with Gasteiger partial charge in [0.1, 0.15) is 17.3 Å². The molecular weight excluding hydrogens is 408 g/mol. The maximum absolute atomic E-state index is 11.0. The van der Waals surface area contributed by atoms with Crippen LogP contribution >= 0.6 is 0 Å². The van der Waals surface area contributed by atoms with Gasteiger partial charge >= 0.3 is 5.97 Å². The van der Waals surface area contributed by atoms with Gasteiger partial charge in [-0.1, -0.05) is 6.07 Å². The predicted molar refractivity (Wildman–Crippen MR) is 122 cm³/mol. The summed E-state index contributed by atoms with van der Waals surface area (Å²) in [7, 11) is 1.64. The van der Waals surface area contributed by atoms with Gasteiger partial charge in [-0.3, -0.25) is 4.79 Å². The molecule has 0 saturated carbocycles. The molecule has 1 aromatic heterocycles. The second kappa shape index (κ2) is 9.77. The van der Waals surface area contributed by atoms with Gasteiger partial charge in [0.15, 0.2) is 0 Å². The number of anilines is 1. The van der Waals surface area contributed by atoms with Crippen LogP contribution in [-0.4, -0.2) is 42.9 Å². The number of oxazole rings is 1. The fourth-order valence-corrected chi connectivity index (χ4v) is 4.04. The van der Waals surface area contributed by atoms with E-state index in [9.17, 15) is 4.79 Å². The highest BCUT2D eigenvalue weighted by molar-refractivity contribution is 5.68. The van der Waals surface area contributed by atoms with Crippen LogP contribution in [0, 0.1) is 6.92 Å². The largest absolute Gasteiger partial charge is 0.497 e. The van der Waals surface area contributed by atoms with Crippen LogP contribution in [0.5, 0.6) is 11.5 Å². The highest BCUT2D eigenvalue weighted by atomic mass is 16.5. The number of hydrogen-bond acceptors (Lipinski definition) is 6. The first kappa shape index (κ1) is 21.7. The Labute approximate surface area is 187 Å². The molecule has 4 rings (SSSR count). The Kier molecular flexibility index (Phi) is 6.63. The third-order valence-corrected chi connectivity index (χ3v) is 5.73. The van der Waals surface area contributed by atoms with Crippen molar-refractivity contribution < 1.29 is 23.8 Å². The summed E-state index contributed by atoms with van der Waals surface area (Å²) in [5.41, 5.74) is 4.01. The highest BCUT2D eigenvalue weighted by Crippen LogP contribution is 2.34. The Bertz CT molecular complexity index is 1070. The minimum Gasteiger partial charge on any atom is -0.497 e. The first-order chi connectivity index (χ1) is 15.5. The molecule has 32 heavy (non-hydrogen) atoms. The molecule has 0 amide bonds. The van der Waals surface area contributed by atoms with Gasteiger partial charge in [0.25, 0.3) is 0 Å². The van der Waals surface area contributed by atoms with Gasteiger partial charge in [0.05, 0.1) is 25.8 Å². The molecule has 1 N–H and O–H groups in total. The molecule has 0 radical (unpaired) electrons. The Morgan fingerprint density at radius 2 is 2.03 bits per heavy atom. The van der Waals surface area contributed by atoms with Crippen LogP contribution in [0.3, 0.4) is 0 Å². The van der Waals surface area contributed by atoms with E-state index >= 15 is 0 Å². The van der Waals surface area contributed by atoms with E-state index in [0.29, 0.717) is 25.5 Å². The van der Waals surface area contributed by atoms with E-state index in [1.54, 1.807) is 7.11 Å². The Morgan fingerprint density at radius 3 is 2.78 bits per heavy atom. The monoisotopic (exact) mass is 436 g/mol. The molecule has 168 valence electrons. The van der Waals surface area contributed by atoms with E-state index in [4.69, 9.17) is 19.0 Å². The summed E-state index contributed by atoms with van der Waals surface area (Å²) >= 11 is 0. The molecule has 2 aromatic carbocycles. The van der Waals surface area contributed by atoms with Crippen LogP contribution in [0.4, 0.5) is 5.69 Å². The molecule has 0 saturated heterocycles. The van der Waals surface area contributed by atoms with Crippen molar-refractivity contribution in [2.45, 2.75) is 32.6 Å². The zero-order valence-corrected chi connectivity index (χ0v) is 18.5. The number of aryl methyl sites for hydroxylation is 1. The third kappa shape index (κ3) is 4.88. The molecule has 0 bridgehead atoms. The van der Waals surface area contributed by atoms with E-state index in [1.807, 2.05) is 49.4 Å². The summed E-state index contributed by atoms with van der Waals surface area (Å²) < 4.78 is 17.2. The lowest BCUT2D eigenvalue weighted by molar-refractivity contribution is -0.136. The maximum Gasteiger partial charge on any atom is 0.305 e. The smallest absolute Gasteiger partial charge is 0.305 e. The molecule has 0 unspecified atom stereocenters. The van der Waals surface area contributed by atoms with Crippen LogP contribution in [0.15, 0.2) is 46.9 Å². The van der Waals surface area contributed by atoms with Crippen LogP contribution in [-0.2, 0) is 17.6 Å². The fraction of sp³-hybridized carbons (Fsp3) is 0.360. The molecule has 3 aromatic rings. The van der Waals surface area contributed by atoms with Crippen molar-refractivity contribution in [2.75, 3.05) is 31.7 Å². The van der Waals surface area contributed by atoms with Gasteiger partial charge in [0, 0.05) is 36.3 Å². The first-order valence-electron chi connectivity index (χ1n) is 10.9. The van der Waals surface area contributed by atoms with E-state index < -0.39 is 5.97 Å². The average Bonchev–Trinajstić information content (AvgIpc) is 3.18. The number of hydrogen-bond donors (Lipinski definition) is 1. The molecule has 2 heterocycles. The Hall–Kier alpha value is -3.48. The second-order valence-electron chi connectivity index (χ2n) is 7.84. The summed E-state index contributed by atoms with van der Waals surface area (Å²) in [6, 6.07) is 13.6. The maximum atomic E-state index is 11.0. The van der Waals surface area contributed by atoms with Crippen molar-refractivity contribution in [3.8, 4) is 23.0 Å². The van der Waals surface area contributed by atoms with Crippen molar-refractivity contribution in [3.05, 3.63) is 59.5 Å². The number of benzene rings is 2. The van der Waals surface area contributed by atoms with E-state index in [-0.39, 0.29) is 6.42 Å². The number of aliphatic carboxylic acids is 1. The summed E-state index contributed by atoms with van der Waals surface area (Å²) in [6.07, 6.45) is 2.69. The second-order valence-corrected chi connectivity index (χ2v) is 7.84. The number of nitrogens with zero attached hydrogens (tertiary/aromatic N) is 2. The number of carbonyl (C=O) groups is 1. The molecule has 7 heteroatoms. The number of ether oxygens (including phenoxy) is 2. The molecule has 0 aliphatic carbocycles. The van der Waals surface area contributed by atoms with Crippen molar-refractivity contribution >= 4 is 11.7 Å². The minimum atomic E-state index is -0.776. The van der Waals surface area contributed by atoms with E-state index in [2.05, 4.69) is 9.88 Å². The van der Waals surface area contributed by atoms with E-state index in [0.717, 1.165) is 59.2 Å². The number of fused-ring (bicyclic) bond motifs is 1. The number of rotatable bonds is 9. The predicted octanol–water partition coefficient (Wildman–Crippen LogP) is 4.51. The van der Waals surface area contributed by atoms with Crippen molar-refractivity contribution in [1.82, 2.24) is 4.98 Å². The third-order valence-electron chi connectivity index (χ3n) is 5.73. The fourth-order valence-electron chi connectivity index (χ4n) is 4.04. The lowest BCUT2D eigenvalue weighted by atomic mass is 10.0.